The molecule has 1 heterocycles. The highest BCUT2D eigenvalue weighted by Gasteiger charge is 2.33. The van der Waals surface area contributed by atoms with Crippen LogP contribution < -0.4 is 10.6 Å². The SMILES string of the molecule is CC1(C)CCCNC1CNc1ccc(C(F)(F)F)cc1F. The molecule has 0 aliphatic carbocycles. The maximum absolute atomic E-state index is 13.7. The Balaban J connectivity index is 2.03. The van der Waals surface area contributed by atoms with E-state index in [4.69, 9.17) is 0 Å². The van der Waals surface area contributed by atoms with Crippen molar-refractivity contribution < 1.29 is 17.6 Å². The number of benzene rings is 1. The van der Waals surface area contributed by atoms with Crippen LogP contribution in [0.2, 0.25) is 0 Å². The number of alkyl halides is 3. The minimum atomic E-state index is -4.52. The molecule has 0 saturated carbocycles. The van der Waals surface area contributed by atoms with Crippen LogP contribution in [0.25, 0.3) is 0 Å². The highest BCUT2D eigenvalue weighted by atomic mass is 19.4. The molecule has 2 N–H and O–H groups in total. The number of hydrogen-bond donors (Lipinski definition) is 2. The molecule has 118 valence electrons. The van der Waals surface area contributed by atoms with E-state index in [1.165, 1.54) is 0 Å². The first-order valence-corrected chi connectivity index (χ1v) is 7.04. The van der Waals surface area contributed by atoms with Gasteiger partial charge in [0.2, 0.25) is 0 Å². The number of piperidine rings is 1. The molecular weight excluding hydrogens is 284 g/mol. The maximum atomic E-state index is 13.7. The third-order valence-electron chi connectivity index (χ3n) is 4.13. The Bertz CT molecular complexity index is 497. The van der Waals surface area contributed by atoms with Crippen molar-refractivity contribution in [1.82, 2.24) is 5.32 Å². The standard InChI is InChI=1S/C15H20F4N2/c1-14(2)6-3-7-20-13(14)9-21-12-5-4-10(8-11(12)16)15(17,18)19/h4-5,8,13,20-21H,3,6-7,9H2,1-2H3. The van der Waals surface area contributed by atoms with Crippen LogP contribution in [0.5, 0.6) is 0 Å². The van der Waals surface area contributed by atoms with E-state index in [1.54, 1.807) is 0 Å². The molecule has 1 aromatic carbocycles. The van der Waals surface area contributed by atoms with Gasteiger partial charge in [-0.1, -0.05) is 13.8 Å². The molecule has 1 unspecified atom stereocenters. The zero-order valence-electron chi connectivity index (χ0n) is 12.1. The van der Waals surface area contributed by atoms with Gasteiger partial charge < -0.3 is 10.6 Å². The monoisotopic (exact) mass is 304 g/mol. The summed E-state index contributed by atoms with van der Waals surface area (Å²) in [5.74, 6) is -0.876. The minimum absolute atomic E-state index is 0.0770. The summed E-state index contributed by atoms with van der Waals surface area (Å²) >= 11 is 0. The van der Waals surface area contributed by atoms with Gasteiger partial charge in [0.05, 0.1) is 11.3 Å². The van der Waals surface area contributed by atoms with Crippen LogP contribution in [-0.4, -0.2) is 19.1 Å². The Morgan fingerprint density at radius 2 is 2.05 bits per heavy atom. The normalized spacial score (nSPS) is 22.1. The Hall–Kier alpha value is -1.30. The van der Waals surface area contributed by atoms with Crippen molar-refractivity contribution in [2.75, 3.05) is 18.4 Å². The van der Waals surface area contributed by atoms with E-state index < -0.39 is 17.6 Å². The van der Waals surface area contributed by atoms with E-state index in [2.05, 4.69) is 24.5 Å². The average Bonchev–Trinajstić information content (AvgIpc) is 2.37. The zero-order chi connectivity index (χ0) is 15.7. The van der Waals surface area contributed by atoms with Crippen LogP contribution in [0.3, 0.4) is 0 Å². The Morgan fingerprint density at radius 1 is 1.33 bits per heavy atom. The molecule has 2 rings (SSSR count). The summed E-state index contributed by atoms with van der Waals surface area (Å²) < 4.78 is 51.2. The first kappa shape index (κ1) is 16.1. The second-order valence-corrected chi connectivity index (χ2v) is 6.17. The quantitative estimate of drug-likeness (QED) is 0.824. The number of halogens is 4. The highest BCUT2D eigenvalue weighted by Crippen LogP contribution is 2.32. The molecule has 1 aliphatic rings. The molecule has 0 radical (unpaired) electrons. The van der Waals surface area contributed by atoms with Crippen molar-refractivity contribution in [2.45, 2.75) is 38.9 Å². The van der Waals surface area contributed by atoms with Gasteiger partial charge in [0.1, 0.15) is 5.82 Å². The molecule has 0 aromatic heterocycles. The molecular formula is C15H20F4N2. The van der Waals surface area contributed by atoms with Gasteiger partial charge in [0, 0.05) is 12.6 Å². The van der Waals surface area contributed by atoms with Gasteiger partial charge in [-0.25, -0.2) is 4.39 Å². The molecule has 1 saturated heterocycles. The Kier molecular flexibility index (Phi) is 4.46. The summed E-state index contributed by atoms with van der Waals surface area (Å²) in [7, 11) is 0. The van der Waals surface area contributed by atoms with Crippen molar-refractivity contribution in [3.05, 3.63) is 29.6 Å². The van der Waals surface area contributed by atoms with Crippen LogP contribution in [-0.2, 0) is 6.18 Å². The summed E-state index contributed by atoms with van der Waals surface area (Å²) in [6, 6.07) is 2.73. The fourth-order valence-corrected chi connectivity index (χ4v) is 2.67. The van der Waals surface area contributed by atoms with E-state index in [0.717, 1.165) is 31.5 Å². The topological polar surface area (TPSA) is 24.1 Å². The summed E-state index contributed by atoms with van der Waals surface area (Å²) in [6.45, 7) is 5.66. The van der Waals surface area contributed by atoms with Crippen LogP contribution in [0.1, 0.15) is 32.3 Å². The van der Waals surface area contributed by atoms with Crippen molar-refractivity contribution in [2.24, 2.45) is 5.41 Å². The third-order valence-corrected chi connectivity index (χ3v) is 4.13. The van der Waals surface area contributed by atoms with E-state index in [1.807, 2.05) is 0 Å². The van der Waals surface area contributed by atoms with Gasteiger partial charge in [-0.05, 0) is 43.0 Å². The number of hydrogen-bond acceptors (Lipinski definition) is 2. The summed E-state index contributed by atoms with van der Waals surface area (Å²) in [5.41, 5.74) is -0.791. The second-order valence-electron chi connectivity index (χ2n) is 6.17. The zero-order valence-corrected chi connectivity index (χ0v) is 12.1. The molecule has 1 atom stereocenters. The first-order valence-electron chi connectivity index (χ1n) is 7.04. The first-order chi connectivity index (χ1) is 9.70. The lowest BCUT2D eigenvalue weighted by Gasteiger charge is -2.39. The van der Waals surface area contributed by atoms with Crippen molar-refractivity contribution >= 4 is 5.69 Å². The van der Waals surface area contributed by atoms with Gasteiger partial charge in [0.25, 0.3) is 0 Å². The molecule has 21 heavy (non-hydrogen) atoms. The van der Waals surface area contributed by atoms with Gasteiger partial charge in [-0.2, -0.15) is 13.2 Å². The molecule has 2 nitrogen and oxygen atoms in total. The third kappa shape index (κ3) is 3.87. The maximum Gasteiger partial charge on any atom is 0.416 e. The predicted molar refractivity (Wildman–Crippen MR) is 74.7 cm³/mol. The molecule has 0 amide bonds. The number of nitrogens with one attached hydrogen (secondary N) is 2. The summed E-state index contributed by atoms with van der Waals surface area (Å²) in [6.07, 6.45) is -2.35. The van der Waals surface area contributed by atoms with Gasteiger partial charge in [-0.15, -0.1) is 0 Å². The van der Waals surface area contributed by atoms with Crippen molar-refractivity contribution in [3.8, 4) is 0 Å². The molecule has 6 heteroatoms. The lowest BCUT2D eigenvalue weighted by molar-refractivity contribution is -0.137. The predicted octanol–water partition coefficient (Wildman–Crippen LogP) is 4.03. The molecule has 1 fully saturated rings. The van der Waals surface area contributed by atoms with Crippen LogP contribution in [0.15, 0.2) is 18.2 Å². The molecule has 1 aromatic rings. The summed E-state index contributed by atoms with van der Waals surface area (Å²) in [5, 5.41) is 6.28. The Labute approximate surface area is 121 Å². The van der Waals surface area contributed by atoms with Gasteiger partial charge in [0.15, 0.2) is 0 Å². The number of anilines is 1. The summed E-state index contributed by atoms with van der Waals surface area (Å²) in [4.78, 5) is 0. The van der Waals surface area contributed by atoms with Crippen LogP contribution in [0, 0.1) is 11.2 Å². The lowest BCUT2D eigenvalue weighted by atomic mass is 9.77. The van der Waals surface area contributed by atoms with E-state index in [0.29, 0.717) is 12.6 Å². The average molecular weight is 304 g/mol. The molecule has 0 spiro atoms. The van der Waals surface area contributed by atoms with Crippen molar-refractivity contribution in [3.63, 3.8) is 0 Å². The molecule has 1 aliphatic heterocycles. The fraction of sp³-hybridized carbons (Fsp3) is 0.600. The van der Waals surface area contributed by atoms with Gasteiger partial charge >= 0.3 is 6.18 Å². The van der Waals surface area contributed by atoms with Crippen LogP contribution in [0.4, 0.5) is 23.2 Å². The minimum Gasteiger partial charge on any atom is -0.381 e. The number of rotatable bonds is 3. The molecule has 0 bridgehead atoms. The highest BCUT2D eigenvalue weighted by molar-refractivity contribution is 5.47. The Morgan fingerprint density at radius 3 is 2.62 bits per heavy atom. The largest absolute Gasteiger partial charge is 0.416 e. The van der Waals surface area contributed by atoms with Crippen molar-refractivity contribution in [1.29, 1.82) is 0 Å². The van der Waals surface area contributed by atoms with E-state index in [9.17, 15) is 17.6 Å². The second kappa shape index (κ2) is 5.83. The van der Waals surface area contributed by atoms with Crippen LogP contribution >= 0.6 is 0 Å². The fourth-order valence-electron chi connectivity index (χ4n) is 2.67. The van der Waals surface area contributed by atoms with E-state index in [-0.39, 0.29) is 17.1 Å². The lowest BCUT2D eigenvalue weighted by Crippen LogP contribution is -2.50. The smallest absolute Gasteiger partial charge is 0.381 e. The van der Waals surface area contributed by atoms with E-state index >= 15 is 0 Å². The van der Waals surface area contributed by atoms with Gasteiger partial charge in [-0.3, -0.25) is 0 Å².